The molecular weight excluding hydrogens is 188 g/mol. The number of rotatable bonds is 4. The van der Waals surface area contributed by atoms with E-state index in [0.717, 1.165) is 26.1 Å². The molecule has 2 aliphatic rings. The topological polar surface area (TPSA) is 38.5 Å². The summed E-state index contributed by atoms with van der Waals surface area (Å²) in [4.78, 5) is 2.38. The largest absolute Gasteiger partial charge is 0.377 e. The van der Waals surface area contributed by atoms with Gasteiger partial charge in [-0.05, 0) is 32.2 Å². The number of nitrogens with zero attached hydrogens (tertiary/aromatic N) is 1. The molecule has 2 rings (SSSR count). The van der Waals surface area contributed by atoms with Gasteiger partial charge in [-0.1, -0.05) is 12.2 Å². The third-order valence-corrected chi connectivity index (χ3v) is 3.29. The summed E-state index contributed by atoms with van der Waals surface area (Å²) in [5.41, 5.74) is 5.83. The smallest absolute Gasteiger partial charge is 0.0702 e. The fourth-order valence-corrected chi connectivity index (χ4v) is 2.55. The normalized spacial score (nSPS) is 35.5. The quantitative estimate of drug-likeness (QED) is 0.704. The molecule has 1 saturated heterocycles. The molecule has 86 valence electrons. The molecule has 0 spiro atoms. The fourth-order valence-electron chi connectivity index (χ4n) is 2.55. The summed E-state index contributed by atoms with van der Waals surface area (Å²) in [5, 5.41) is 0. The van der Waals surface area contributed by atoms with E-state index < -0.39 is 0 Å². The molecule has 1 fully saturated rings. The number of hydrogen-bond donors (Lipinski definition) is 1. The van der Waals surface area contributed by atoms with Crippen LogP contribution in [0.1, 0.15) is 19.3 Å². The van der Waals surface area contributed by atoms with Gasteiger partial charge in [-0.3, -0.25) is 0 Å². The second-order valence-corrected chi connectivity index (χ2v) is 4.90. The molecule has 3 heteroatoms. The van der Waals surface area contributed by atoms with Crippen LogP contribution in [-0.4, -0.2) is 43.8 Å². The molecular formula is C12H22N2O. The van der Waals surface area contributed by atoms with Crippen LogP contribution < -0.4 is 5.73 Å². The zero-order valence-electron chi connectivity index (χ0n) is 9.56. The van der Waals surface area contributed by atoms with Crippen LogP contribution in [0.3, 0.4) is 0 Å². The van der Waals surface area contributed by atoms with Crippen molar-refractivity contribution in [1.82, 2.24) is 4.90 Å². The molecule has 0 aromatic carbocycles. The average Bonchev–Trinajstić information content (AvgIpc) is 2.77. The van der Waals surface area contributed by atoms with Crippen LogP contribution in [0, 0.1) is 5.92 Å². The van der Waals surface area contributed by atoms with Crippen LogP contribution in [0.25, 0.3) is 0 Å². The van der Waals surface area contributed by atoms with Crippen molar-refractivity contribution in [1.29, 1.82) is 0 Å². The third kappa shape index (κ3) is 3.30. The van der Waals surface area contributed by atoms with Crippen LogP contribution in [-0.2, 0) is 4.74 Å². The highest BCUT2D eigenvalue weighted by Gasteiger charge is 2.21. The Labute approximate surface area is 92.3 Å². The molecule has 0 saturated carbocycles. The van der Waals surface area contributed by atoms with Crippen molar-refractivity contribution in [3.05, 3.63) is 12.2 Å². The molecule has 2 N–H and O–H groups in total. The Morgan fingerprint density at radius 2 is 2.27 bits per heavy atom. The van der Waals surface area contributed by atoms with Crippen molar-refractivity contribution in [2.75, 3.05) is 26.7 Å². The van der Waals surface area contributed by atoms with Crippen molar-refractivity contribution in [2.45, 2.75) is 31.4 Å². The maximum atomic E-state index is 5.83. The van der Waals surface area contributed by atoms with E-state index in [1.165, 1.54) is 12.8 Å². The van der Waals surface area contributed by atoms with Crippen molar-refractivity contribution >= 4 is 0 Å². The lowest BCUT2D eigenvalue weighted by Gasteiger charge is -2.23. The first kappa shape index (κ1) is 11.1. The Kier molecular flexibility index (Phi) is 3.78. The first-order chi connectivity index (χ1) is 7.24. The molecule has 0 amide bonds. The van der Waals surface area contributed by atoms with E-state index in [1.54, 1.807) is 0 Å². The first-order valence-corrected chi connectivity index (χ1v) is 5.98. The molecule has 3 atom stereocenters. The minimum absolute atomic E-state index is 0.283. The maximum absolute atomic E-state index is 5.83. The van der Waals surface area contributed by atoms with E-state index in [1.807, 2.05) is 0 Å². The van der Waals surface area contributed by atoms with Gasteiger partial charge in [0.2, 0.25) is 0 Å². The molecule has 3 unspecified atom stereocenters. The summed E-state index contributed by atoms with van der Waals surface area (Å²) < 4.78 is 5.62. The number of nitrogens with two attached hydrogens (primary N) is 1. The minimum atomic E-state index is 0.283. The summed E-state index contributed by atoms with van der Waals surface area (Å²) in [5.74, 6) is 0.645. The van der Waals surface area contributed by atoms with Crippen molar-refractivity contribution in [3.8, 4) is 0 Å². The summed E-state index contributed by atoms with van der Waals surface area (Å²) in [6.07, 6.45) is 8.42. The number of hydrogen-bond acceptors (Lipinski definition) is 3. The Morgan fingerprint density at radius 3 is 2.87 bits per heavy atom. The third-order valence-electron chi connectivity index (χ3n) is 3.29. The molecule has 1 aliphatic carbocycles. The van der Waals surface area contributed by atoms with Crippen LogP contribution in [0.5, 0.6) is 0 Å². The minimum Gasteiger partial charge on any atom is -0.377 e. The highest BCUT2D eigenvalue weighted by molar-refractivity contribution is 5.05. The van der Waals surface area contributed by atoms with Crippen molar-refractivity contribution in [2.24, 2.45) is 11.7 Å². The highest BCUT2D eigenvalue weighted by atomic mass is 16.5. The van der Waals surface area contributed by atoms with Crippen LogP contribution in [0.4, 0.5) is 0 Å². The summed E-state index contributed by atoms with van der Waals surface area (Å²) in [7, 11) is 2.18. The Morgan fingerprint density at radius 1 is 1.40 bits per heavy atom. The molecule has 1 heterocycles. The van der Waals surface area contributed by atoms with Gasteiger partial charge < -0.3 is 15.4 Å². The Bertz CT molecular complexity index is 224. The van der Waals surface area contributed by atoms with Gasteiger partial charge in [0.15, 0.2) is 0 Å². The Hall–Kier alpha value is -0.380. The average molecular weight is 210 g/mol. The lowest BCUT2D eigenvalue weighted by atomic mass is 10.1. The molecule has 0 bridgehead atoms. The summed E-state index contributed by atoms with van der Waals surface area (Å²) in [6, 6.07) is 0.283. The predicted octanol–water partition coefficient (Wildman–Crippen LogP) is 1.00. The lowest BCUT2D eigenvalue weighted by molar-refractivity contribution is 0.0784. The van der Waals surface area contributed by atoms with Crippen molar-refractivity contribution < 1.29 is 4.74 Å². The van der Waals surface area contributed by atoms with Gasteiger partial charge in [0, 0.05) is 25.7 Å². The van der Waals surface area contributed by atoms with Gasteiger partial charge in [-0.15, -0.1) is 0 Å². The fraction of sp³-hybridized carbons (Fsp3) is 0.833. The monoisotopic (exact) mass is 210 g/mol. The standard InChI is InChI=1S/C12H22N2O/c1-14(9-12-3-2-6-15-12)8-10-4-5-11(13)7-10/h4-5,10-12H,2-3,6-9,13H2,1H3. The maximum Gasteiger partial charge on any atom is 0.0702 e. The van der Waals surface area contributed by atoms with Gasteiger partial charge in [-0.2, -0.15) is 0 Å². The second-order valence-electron chi connectivity index (χ2n) is 4.90. The van der Waals surface area contributed by atoms with Crippen LogP contribution >= 0.6 is 0 Å². The van der Waals surface area contributed by atoms with E-state index in [0.29, 0.717) is 12.0 Å². The van der Waals surface area contributed by atoms with E-state index in [2.05, 4.69) is 24.1 Å². The summed E-state index contributed by atoms with van der Waals surface area (Å²) in [6.45, 7) is 3.14. The van der Waals surface area contributed by atoms with Gasteiger partial charge in [0.1, 0.15) is 0 Å². The molecule has 0 aromatic heterocycles. The molecule has 15 heavy (non-hydrogen) atoms. The van der Waals surface area contributed by atoms with Gasteiger partial charge in [0.25, 0.3) is 0 Å². The van der Waals surface area contributed by atoms with Gasteiger partial charge in [-0.25, -0.2) is 0 Å². The summed E-state index contributed by atoms with van der Waals surface area (Å²) >= 11 is 0. The number of ether oxygens (including phenoxy) is 1. The van der Waals surface area contributed by atoms with Crippen molar-refractivity contribution in [3.63, 3.8) is 0 Å². The van der Waals surface area contributed by atoms with Gasteiger partial charge in [0.05, 0.1) is 6.10 Å². The Balaban J connectivity index is 1.68. The molecule has 3 nitrogen and oxygen atoms in total. The zero-order chi connectivity index (χ0) is 10.7. The lowest BCUT2D eigenvalue weighted by Crippen LogP contribution is -2.32. The van der Waals surface area contributed by atoms with Crippen LogP contribution in [0.2, 0.25) is 0 Å². The first-order valence-electron chi connectivity index (χ1n) is 5.98. The van der Waals surface area contributed by atoms with Crippen LogP contribution in [0.15, 0.2) is 12.2 Å². The van der Waals surface area contributed by atoms with E-state index >= 15 is 0 Å². The SMILES string of the molecule is CN(CC1C=CC(N)C1)CC1CCCO1. The highest BCUT2D eigenvalue weighted by Crippen LogP contribution is 2.18. The van der Waals surface area contributed by atoms with E-state index in [-0.39, 0.29) is 6.04 Å². The predicted molar refractivity (Wildman–Crippen MR) is 61.7 cm³/mol. The van der Waals surface area contributed by atoms with E-state index in [9.17, 15) is 0 Å². The van der Waals surface area contributed by atoms with Gasteiger partial charge >= 0.3 is 0 Å². The second kappa shape index (κ2) is 5.10. The zero-order valence-corrected chi connectivity index (χ0v) is 9.56. The molecule has 0 aromatic rings. The molecule has 1 aliphatic heterocycles. The molecule has 0 radical (unpaired) electrons. The number of likely N-dealkylation sites (N-methyl/N-ethyl adjacent to an activating group) is 1. The van der Waals surface area contributed by atoms with E-state index in [4.69, 9.17) is 10.5 Å².